The number of quaternary nitrogens is 1. The molecule has 1 aromatic rings. The van der Waals surface area contributed by atoms with Crippen LogP contribution in [0.4, 0.5) is 5.69 Å². The van der Waals surface area contributed by atoms with Gasteiger partial charge in [-0.25, -0.2) is 0 Å². The third-order valence-electron chi connectivity index (χ3n) is 3.52. The van der Waals surface area contributed by atoms with Crippen molar-refractivity contribution in [2.45, 2.75) is 13.3 Å². The van der Waals surface area contributed by atoms with Crippen LogP contribution >= 0.6 is 0 Å². The van der Waals surface area contributed by atoms with E-state index in [0.29, 0.717) is 19.5 Å². The monoisotopic (exact) mass is 269 g/mol. The topological polar surface area (TPSA) is 46.2 Å². The van der Waals surface area contributed by atoms with Crippen molar-refractivity contribution in [2.24, 2.45) is 0 Å². The lowest BCUT2D eigenvalue weighted by atomic mass is 10.2. The average Bonchev–Trinajstić information content (AvgIpc) is 2.40. The molecule has 4 nitrogen and oxygen atoms in total. The molecule has 0 saturated carbocycles. The Morgan fingerprint density at radius 2 is 1.78 bits per heavy atom. The molecule has 1 fully saturated rings. The zero-order chi connectivity index (χ0) is 13.1. The van der Waals surface area contributed by atoms with E-state index in [0.717, 1.165) is 18.8 Å². The number of para-hydroxylation sites is 1. The van der Waals surface area contributed by atoms with Gasteiger partial charge in [-0.15, -0.1) is 0 Å². The molecular weight excluding hydrogens is 248 g/mol. The van der Waals surface area contributed by atoms with Crippen molar-refractivity contribution in [3.05, 3.63) is 30.3 Å². The number of sulfonamides is 1. The molecule has 1 N–H and O–H groups in total. The summed E-state index contributed by atoms with van der Waals surface area (Å²) >= 11 is 0. The van der Waals surface area contributed by atoms with Crippen LogP contribution in [-0.2, 0) is 10.0 Å². The zero-order valence-electron chi connectivity index (χ0n) is 10.8. The Bertz CT molecular complexity index is 479. The molecule has 1 aliphatic heterocycles. The number of hydrogen-bond acceptors (Lipinski definition) is 3. The summed E-state index contributed by atoms with van der Waals surface area (Å²) in [5.74, 6) is 0.252. The first-order chi connectivity index (χ1) is 8.62. The van der Waals surface area contributed by atoms with E-state index in [1.54, 1.807) is 0 Å². The molecule has 0 radical (unpaired) electrons. The minimum atomic E-state index is -3.15. The molecule has 0 amide bonds. The van der Waals surface area contributed by atoms with E-state index in [4.69, 9.17) is 0 Å². The van der Waals surface area contributed by atoms with Crippen molar-refractivity contribution in [3.8, 4) is 0 Å². The van der Waals surface area contributed by atoms with E-state index < -0.39 is 10.0 Å². The van der Waals surface area contributed by atoms with Crippen LogP contribution in [0.25, 0.3) is 0 Å². The molecular formula is C13H21N2O2S+. The molecule has 0 bridgehead atoms. The van der Waals surface area contributed by atoms with Crippen molar-refractivity contribution >= 4 is 15.7 Å². The largest absolute Gasteiger partial charge is 0.306 e. The minimum absolute atomic E-state index is 0.106. The Morgan fingerprint density at radius 1 is 1.17 bits per heavy atom. The predicted octanol–water partition coefficient (Wildman–Crippen LogP) is 1.34. The van der Waals surface area contributed by atoms with E-state index in [1.165, 1.54) is 0 Å². The lowest BCUT2D eigenvalue weighted by molar-refractivity contribution is 0.355. The fourth-order valence-corrected chi connectivity index (χ4v) is 4.63. The summed E-state index contributed by atoms with van der Waals surface area (Å²) in [6, 6.07) is 9.61. The van der Waals surface area contributed by atoms with E-state index in [2.05, 4.69) is 5.32 Å². The minimum Gasteiger partial charge on any atom is -0.306 e. The summed E-state index contributed by atoms with van der Waals surface area (Å²) in [4.78, 5) is 0. The van der Waals surface area contributed by atoms with E-state index >= 15 is 0 Å². The van der Waals surface area contributed by atoms with Gasteiger partial charge in [-0.1, -0.05) is 25.1 Å². The highest BCUT2D eigenvalue weighted by Crippen LogP contribution is 2.29. The molecule has 1 saturated heterocycles. The first-order valence-electron chi connectivity index (χ1n) is 6.49. The van der Waals surface area contributed by atoms with Crippen LogP contribution in [0.2, 0.25) is 0 Å². The molecule has 0 spiro atoms. The Labute approximate surface area is 109 Å². The summed E-state index contributed by atoms with van der Waals surface area (Å²) in [5.41, 5.74) is 0.896. The lowest BCUT2D eigenvalue weighted by Crippen LogP contribution is -2.63. The molecule has 0 atom stereocenters. The number of nitrogens with one attached hydrogen (secondary N) is 1. The van der Waals surface area contributed by atoms with Gasteiger partial charge in [0.05, 0.1) is 0 Å². The molecule has 18 heavy (non-hydrogen) atoms. The van der Waals surface area contributed by atoms with Crippen LogP contribution in [-0.4, -0.2) is 40.3 Å². The van der Waals surface area contributed by atoms with Gasteiger partial charge in [0.2, 0.25) is 0 Å². The smallest absolute Gasteiger partial charge is 0.301 e. The number of nitrogens with zero attached hydrogens (tertiary/aromatic N) is 1. The normalized spacial score (nSPS) is 19.6. The van der Waals surface area contributed by atoms with Gasteiger partial charge in [0.25, 0.3) is 0 Å². The van der Waals surface area contributed by atoms with Gasteiger partial charge in [-0.05, 0) is 6.42 Å². The second-order valence-electron chi connectivity index (χ2n) is 4.71. The van der Waals surface area contributed by atoms with Crippen LogP contribution in [0, 0.1) is 0 Å². The van der Waals surface area contributed by atoms with Gasteiger partial charge >= 0.3 is 10.0 Å². The van der Waals surface area contributed by atoms with Crippen molar-refractivity contribution in [1.82, 2.24) is 9.21 Å². The van der Waals surface area contributed by atoms with Crippen molar-refractivity contribution < 1.29 is 8.42 Å². The highest BCUT2D eigenvalue weighted by Gasteiger charge is 2.44. The summed E-state index contributed by atoms with van der Waals surface area (Å²) in [7, 11) is -3.15. The molecule has 5 heteroatoms. The Hall–Kier alpha value is -0.910. The zero-order valence-corrected chi connectivity index (χ0v) is 11.6. The molecule has 100 valence electrons. The van der Waals surface area contributed by atoms with Gasteiger partial charge in [-0.2, -0.15) is 12.3 Å². The van der Waals surface area contributed by atoms with Crippen LogP contribution < -0.4 is 9.21 Å². The second kappa shape index (κ2) is 5.38. The predicted molar refractivity (Wildman–Crippen MR) is 74.9 cm³/mol. The third-order valence-corrected chi connectivity index (χ3v) is 6.09. The van der Waals surface area contributed by atoms with Crippen LogP contribution in [0.1, 0.15) is 13.3 Å². The highest BCUT2D eigenvalue weighted by molar-refractivity contribution is 7.90. The maximum absolute atomic E-state index is 12.7. The fraction of sp³-hybridized carbons (Fsp3) is 0.538. The number of benzene rings is 1. The van der Waals surface area contributed by atoms with Gasteiger partial charge in [0.15, 0.2) is 0 Å². The molecule has 0 aromatic heterocycles. The maximum Gasteiger partial charge on any atom is 0.301 e. The van der Waals surface area contributed by atoms with Crippen LogP contribution in [0.5, 0.6) is 0 Å². The molecule has 0 unspecified atom stereocenters. The number of piperazine rings is 1. The SMILES string of the molecule is CCCS(=O)(=O)[N+]1(c2ccccc2)CCNCC1. The molecule has 1 heterocycles. The summed E-state index contributed by atoms with van der Waals surface area (Å²) in [6.45, 7) is 4.65. The molecule has 2 rings (SSSR count). The lowest BCUT2D eigenvalue weighted by Gasteiger charge is -2.39. The van der Waals surface area contributed by atoms with Gasteiger partial charge in [0.1, 0.15) is 24.5 Å². The Morgan fingerprint density at radius 3 is 2.33 bits per heavy atom. The number of rotatable bonds is 4. The summed E-state index contributed by atoms with van der Waals surface area (Å²) in [6.07, 6.45) is 0.669. The third kappa shape index (κ3) is 2.30. The first-order valence-corrected chi connectivity index (χ1v) is 8.09. The van der Waals surface area contributed by atoms with Gasteiger partial charge in [-0.3, -0.25) is 0 Å². The quantitative estimate of drug-likeness (QED) is 0.839. The van der Waals surface area contributed by atoms with Crippen molar-refractivity contribution in [2.75, 3.05) is 31.9 Å². The van der Waals surface area contributed by atoms with Crippen LogP contribution in [0.15, 0.2) is 30.3 Å². The van der Waals surface area contributed by atoms with Crippen molar-refractivity contribution in [1.29, 1.82) is 0 Å². The Kier molecular flexibility index (Phi) is 4.04. The van der Waals surface area contributed by atoms with Gasteiger partial charge < -0.3 is 5.32 Å². The Balaban J connectivity index is 2.47. The number of hydrogen-bond donors (Lipinski definition) is 1. The first kappa shape index (κ1) is 13.5. The summed E-state index contributed by atoms with van der Waals surface area (Å²) in [5, 5.41) is 3.24. The second-order valence-corrected chi connectivity index (χ2v) is 6.98. The van der Waals surface area contributed by atoms with E-state index in [9.17, 15) is 8.42 Å². The van der Waals surface area contributed by atoms with E-state index in [1.807, 2.05) is 37.3 Å². The van der Waals surface area contributed by atoms with E-state index in [-0.39, 0.29) is 9.64 Å². The molecule has 0 aliphatic carbocycles. The standard InChI is InChI=1S/C13H21N2O2S/c1-2-12-18(16,17)15(10-8-14-9-11-15)13-6-4-3-5-7-13/h3-7,14H,2,8-12H2,1H3/q+1. The fourth-order valence-electron chi connectivity index (χ4n) is 2.59. The highest BCUT2D eigenvalue weighted by atomic mass is 32.2. The maximum atomic E-state index is 12.7. The van der Waals surface area contributed by atoms with Crippen molar-refractivity contribution in [3.63, 3.8) is 0 Å². The molecule has 1 aliphatic rings. The molecule has 1 aromatic carbocycles. The summed E-state index contributed by atoms with van der Waals surface area (Å²) < 4.78 is 25.4. The average molecular weight is 269 g/mol. The van der Waals surface area contributed by atoms with Gasteiger partial charge in [0, 0.05) is 25.2 Å². The van der Waals surface area contributed by atoms with Crippen LogP contribution in [0.3, 0.4) is 0 Å².